The first kappa shape index (κ1) is 19.0. The highest BCUT2D eigenvalue weighted by molar-refractivity contribution is 7.89. The van der Waals surface area contributed by atoms with Crippen LogP contribution in [0.4, 0.5) is 0 Å². The van der Waals surface area contributed by atoms with Gasteiger partial charge in [-0.05, 0) is 38.1 Å². The monoisotopic (exact) mass is 358 g/mol. The van der Waals surface area contributed by atoms with Crippen LogP contribution in [-0.4, -0.2) is 56.0 Å². The third kappa shape index (κ3) is 4.38. The number of ether oxygens (including phenoxy) is 3. The fraction of sp³-hybridized carbons (Fsp3) is 0.625. The van der Waals surface area contributed by atoms with Crippen LogP contribution >= 0.6 is 0 Å². The second-order valence-corrected chi connectivity index (χ2v) is 7.79. The fourth-order valence-corrected chi connectivity index (χ4v) is 4.12. The van der Waals surface area contributed by atoms with Gasteiger partial charge in [0.25, 0.3) is 0 Å². The molecule has 0 aliphatic carbocycles. The van der Waals surface area contributed by atoms with Crippen molar-refractivity contribution in [3.63, 3.8) is 0 Å². The molecular weight excluding hydrogens is 332 g/mol. The Hall–Kier alpha value is -1.35. The lowest BCUT2D eigenvalue weighted by molar-refractivity contribution is 0.0577. The highest BCUT2D eigenvalue weighted by Crippen LogP contribution is 2.31. The normalized spacial score (nSPS) is 17.5. The minimum atomic E-state index is -3.64. The average molecular weight is 358 g/mol. The first-order valence-corrected chi connectivity index (χ1v) is 9.36. The molecule has 0 spiro atoms. The Balaban J connectivity index is 2.15. The van der Waals surface area contributed by atoms with Crippen molar-refractivity contribution >= 4 is 10.0 Å². The molecule has 1 aromatic rings. The Morgan fingerprint density at radius 3 is 2.38 bits per heavy atom. The van der Waals surface area contributed by atoms with Crippen LogP contribution in [0.5, 0.6) is 11.5 Å². The summed E-state index contributed by atoms with van der Waals surface area (Å²) in [6, 6.07) is 4.56. The molecule has 2 N–H and O–H groups in total. The van der Waals surface area contributed by atoms with Crippen molar-refractivity contribution in [2.24, 2.45) is 5.41 Å². The molecule has 136 valence electrons. The second kappa shape index (κ2) is 8.15. The predicted molar refractivity (Wildman–Crippen MR) is 91.1 cm³/mol. The van der Waals surface area contributed by atoms with E-state index in [1.54, 1.807) is 13.2 Å². The maximum Gasteiger partial charge on any atom is 0.240 e. The van der Waals surface area contributed by atoms with Crippen LogP contribution in [0.2, 0.25) is 0 Å². The van der Waals surface area contributed by atoms with Gasteiger partial charge in [0, 0.05) is 25.1 Å². The Labute approximate surface area is 143 Å². The third-order valence-electron chi connectivity index (χ3n) is 4.42. The Morgan fingerprint density at radius 2 is 1.79 bits per heavy atom. The minimum absolute atomic E-state index is 0.154. The second-order valence-electron chi connectivity index (χ2n) is 6.02. The Morgan fingerprint density at radius 1 is 1.12 bits per heavy atom. The highest BCUT2D eigenvalue weighted by atomic mass is 32.2. The molecule has 0 bridgehead atoms. The summed E-state index contributed by atoms with van der Waals surface area (Å²) < 4.78 is 43.6. The minimum Gasteiger partial charge on any atom is -0.493 e. The number of hydrogen-bond acceptors (Lipinski definition) is 6. The van der Waals surface area contributed by atoms with Gasteiger partial charge in [-0.3, -0.25) is 0 Å². The van der Waals surface area contributed by atoms with E-state index >= 15 is 0 Å². The van der Waals surface area contributed by atoms with Gasteiger partial charge >= 0.3 is 0 Å². The lowest BCUT2D eigenvalue weighted by Gasteiger charge is -2.37. The molecule has 0 amide bonds. The van der Waals surface area contributed by atoms with E-state index in [4.69, 9.17) is 14.2 Å². The van der Waals surface area contributed by atoms with Gasteiger partial charge in [0.2, 0.25) is 10.0 Å². The van der Waals surface area contributed by atoms with E-state index in [1.165, 1.54) is 26.4 Å². The zero-order valence-electron chi connectivity index (χ0n) is 14.4. The van der Waals surface area contributed by atoms with E-state index in [1.807, 2.05) is 0 Å². The number of sulfonamides is 1. The molecule has 0 radical (unpaired) electrons. The van der Waals surface area contributed by atoms with E-state index in [0.29, 0.717) is 24.7 Å². The van der Waals surface area contributed by atoms with Gasteiger partial charge in [0.05, 0.1) is 25.7 Å². The summed E-state index contributed by atoms with van der Waals surface area (Å²) in [6.45, 7) is 2.60. The molecule has 0 atom stereocenters. The molecule has 1 aliphatic rings. The van der Waals surface area contributed by atoms with Crippen LogP contribution in [0, 0.1) is 5.41 Å². The molecule has 0 saturated carbocycles. The van der Waals surface area contributed by atoms with Crippen LogP contribution in [0.15, 0.2) is 23.1 Å². The van der Waals surface area contributed by atoms with Gasteiger partial charge in [-0.15, -0.1) is 0 Å². The average Bonchev–Trinajstić information content (AvgIpc) is 2.60. The lowest BCUT2D eigenvalue weighted by atomic mass is 9.80. The number of piperidine rings is 1. The number of methoxy groups -OCH3 is 3. The molecule has 1 aromatic carbocycles. The number of benzene rings is 1. The molecular formula is C16H26N2O5S. The first-order chi connectivity index (χ1) is 11.5. The smallest absolute Gasteiger partial charge is 0.240 e. The van der Waals surface area contributed by atoms with Gasteiger partial charge in [0.1, 0.15) is 0 Å². The van der Waals surface area contributed by atoms with Crippen molar-refractivity contribution in [2.75, 3.05) is 47.6 Å². The zero-order valence-corrected chi connectivity index (χ0v) is 15.2. The van der Waals surface area contributed by atoms with Crippen molar-refractivity contribution in [2.45, 2.75) is 17.7 Å². The summed E-state index contributed by atoms with van der Waals surface area (Å²) in [5.41, 5.74) is -0.177. The predicted octanol–water partition coefficient (Wildman–Crippen LogP) is 0.998. The largest absolute Gasteiger partial charge is 0.493 e. The fourth-order valence-electron chi connectivity index (χ4n) is 2.95. The summed E-state index contributed by atoms with van der Waals surface area (Å²) in [5, 5.41) is 3.29. The number of rotatable bonds is 8. The molecule has 2 rings (SSSR count). The highest BCUT2D eigenvalue weighted by Gasteiger charge is 2.33. The molecule has 1 heterocycles. The van der Waals surface area contributed by atoms with Crippen LogP contribution in [0.1, 0.15) is 12.8 Å². The van der Waals surface area contributed by atoms with Crippen molar-refractivity contribution in [3.8, 4) is 11.5 Å². The first-order valence-electron chi connectivity index (χ1n) is 7.88. The summed E-state index contributed by atoms with van der Waals surface area (Å²) in [7, 11) is 0.997. The van der Waals surface area contributed by atoms with Crippen LogP contribution < -0.4 is 19.5 Å². The molecule has 0 aromatic heterocycles. The molecule has 24 heavy (non-hydrogen) atoms. The maximum atomic E-state index is 12.6. The SMILES string of the molecule is COCC1(CNS(=O)(=O)c2ccc(OC)c(OC)c2)CCNCC1. The molecule has 7 nitrogen and oxygen atoms in total. The van der Waals surface area contributed by atoms with Crippen LogP contribution in [0.3, 0.4) is 0 Å². The Kier molecular flexibility index (Phi) is 6.45. The Bertz CT molecular complexity index is 636. The molecule has 1 aliphatic heterocycles. The van der Waals surface area contributed by atoms with Crippen LogP contribution in [-0.2, 0) is 14.8 Å². The molecule has 0 unspecified atom stereocenters. The summed E-state index contributed by atoms with van der Waals surface area (Å²) in [5.74, 6) is 0.875. The van der Waals surface area contributed by atoms with Gasteiger partial charge < -0.3 is 19.5 Å². The molecule has 1 saturated heterocycles. The van der Waals surface area contributed by atoms with Gasteiger partial charge in [-0.2, -0.15) is 0 Å². The quantitative estimate of drug-likeness (QED) is 0.721. The van der Waals surface area contributed by atoms with E-state index in [9.17, 15) is 8.42 Å². The van der Waals surface area contributed by atoms with Crippen molar-refractivity contribution in [1.29, 1.82) is 0 Å². The van der Waals surface area contributed by atoms with Crippen LogP contribution in [0.25, 0.3) is 0 Å². The summed E-state index contributed by atoms with van der Waals surface area (Å²) >= 11 is 0. The topological polar surface area (TPSA) is 85.9 Å². The zero-order chi connectivity index (χ0) is 17.6. The number of hydrogen-bond donors (Lipinski definition) is 2. The van der Waals surface area contributed by atoms with E-state index < -0.39 is 10.0 Å². The summed E-state index contributed by atoms with van der Waals surface area (Å²) in [4.78, 5) is 0.154. The van der Waals surface area contributed by atoms with Crippen molar-refractivity contribution < 1.29 is 22.6 Å². The maximum absolute atomic E-state index is 12.6. The number of nitrogens with one attached hydrogen (secondary N) is 2. The van der Waals surface area contributed by atoms with E-state index in [0.717, 1.165) is 25.9 Å². The van der Waals surface area contributed by atoms with E-state index in [2.05, 4.69) is 10.0 Å². The van der Waals surface area contributed by atoms with Crippen molar-refractivity contribution in [1.82, 2.24) is 10.0 Å². The molecule has 8 heteroatoms. The summed E-state index contributed by atoms with van der Waals surface area (Å²) in [6.07, 6.45) is 1.74. The lowest BCUT2D eigenvalue weighted by Crippen LogP contribution is -2.47. The van der Waals surface area contributed by atoms with E-state index in [-0.39, 0.29) is 10.3 Å². The molecule has 1 fully saturated rings. The third-order valence-corrected chi connectivity index (χ3v) is 5.82. The van der Waals surface area contributed by atoms with Gasteiger partial charge in [-0.1, -0.05) is 0 Å². The van der Waals surface area contributed by atoms with Crippen molar-refractivity contribution in [3.05, 3.63) is 18.2 Å². The standard InChI is InChI=1S/C16H26N2O5S/c1-21-12-16(6-8-17-9-7-16)11-18-24(19,20)13-4-5-14(22-2)15(10-13)23-3/h4-5,10,17-18H,6-9,11-12H2,1-3H3. The van der Waals surface area contributed by atoms with Gasteiger partial charge in [0.15, 0.2) is 11.5 Å². The van der Waals surface area contributed by atoms with Gasteiger partial charge in [-0.25, -0.2) is 13.1 Å².